The highest BCUT2D eigenvalue weighted by Gasteiger charge is 2.79. The van der Waals surface area contributed by atoms with Crippen LogP contribution in [0, 0.1) is 16.7 Å². The van der Waals surface area contributed by atoms with E-state index in [4.69, 9.17) is 28.4 Å². The Kier molecular flexibility index (Phi) is 9.07. The van der Waals surface area contributed by atoms with Gasteiger partial charge in [0.15, 0.2) is 17.8 Å². The van der Waals surface area contributed by atoms with Crippen LogP contribution in [-0.2, 0) is 47.6 Å². The van der Waals surface area contributed by atoms with Crippen LogP contribution >= 0.6 is 0 Å². The van der Waals surface area contributed by atoms with Crippen LogP contribution in [0.2, 0.25) is 0 Å². The first-order chi connectivity index (χ1) is 22.3. The number of aliphatic hydroxyl groups excluding tert-OH is 1. The Morgan fingerprint density at radius 1 is 0.833 bits per heavy atom. The zero-order chi connectivity index (χ0) is 35.6. The minimum Gasteiger partial charge on any atom is -0.462 e. The van der Waals surface area contributed by atoms with Gasteiger partial charge in [-0.05, 0) is 30.2 Å². The second kappa shape index (κ2) is 12.3. The minimum absolute atomic E-state index is 0.0494. The van der Waals surface area contributed by atoms with E-state index in [0.29, 0.717) is 5.57 Å². The number of hydrogen-bond donors (Lipinski definition) is 2. The molecule has 13 nitrogen and oxygen atoms in total. The van der Waals surface area contributed by atoms with Crippen molar-refractivity contribution >= 4 is 29.8 Å². The molecule has 1 aromatic rings. The number of hydrogen-bond acceptors (Lipinski definition) is 13. The Bertz CT molecular complexity index is 1530. The largest absolute Gasteiger partial charge is 0.462 e. The van der Waals surface area contributed by atoms with Crippen molar-refractivity contribution in [1.82, 2.24) is 0 Å². The lowest BCUT2D eigenvalue weighted by molar-refractivity contribution is -0.365. The number of benzene rings is 1. The number of rotatable bonds is 6. The van der Waals surface area contributed by atoms with Gasteiger partial charge >= 0.3 is 29.8 Å². The molecule has 2 N–H and O–H groups in total. The predicted molar refractivity (Wildman–Crippen MR) is 165 cm³/mol. The molecule has 262 valence electrons. The van der Waals surface area contributed by atoms with Gasteiger partial charge in [0.25, 0.3) is 0 Å². The fourth-order valence-electron chi connectivity index (χ4n) is 8.85. The molecule has 0 spiro atoms. The van der Waals surface area contributed by atoms with E-state index in [-0.39, 0.29) is 30.6 Å². The third kappa shape index (κ3) is 5.39. The normalized spacial score (nSPS) is 38.0. The molecule has 2 saturated carbocycles. The number of carbonyl (C=O) groups is 5. The second-order valence-corrected chi connectivity index (χ2v) is 14.1. The van der Waals surface area contributed by atoms with Crippen molar-refractivity contribution in [3.8, 4) is 0 Å². The molecule has 13 heteroatoms. The zero-order valence-corrected chi connectivity index (χ0v) is 28.4. The predicted octanol–water partition coefficient (Wildman–Crippen LogP) is 2.59. The molecule has 10 unspecified atom stereocenters. The van der Waals surface area contributed by atoms with Gasteiger partial charge in [0.05, 0.1) is 29.6 Å². The molecular formula is C35H44O13. The molecule has 10 atom stereocenters. The zero-order valence-electron chi connectivity index (χ0n) is 28.4. The molecule has 0 amide bonds. The van der Waals surface area contributed by atoms with Crippen molar-refractivity contribution in [2.75, 3.05) is 6.61 Å². The van der Waals surface area contributed by atoms with Crippen LogP contribution in [0.5, 0.6) is 0 Å². The average molecular weight is 673 g/mol. The van der Waals surface area contributed by atoms with Gasteiger partial charge in [-0.1, -0.05) is 39.0 Å². The maximum absolute atomic E-state index is 14.0. The Hall–Kier alpha value is -3.81. The average Bonchev–Trinajstić information content (AvgIpc) is 2.97. The Morgan fingerprint density at radius 2 is 1.44 bits per heavy atom. The summed E-state index contributed by atoms with van der Waals surface area (Å²) in [4.78, 5) is 65.5. The summed E-state index contributed by atoms with van der Waals surface area (Å²) in [6.45, 7) is 11.1. The highest BCUT2D eigenvalue weighted by Crippen LogP contribution is 2.66. The number of fused-ring (bicyclic) bond motifs is 5. The first kappa shape index (κ1) is 35.5. The van der Waals surface area contributed by atoms with E-state index in [0.717, 1.165) is 6.92 Å². The van der Waals surface area contributed by atoms with Crippen LogP contribution in [0.3, 0.4) is 0 Å². The van der Waals surface area contributed by atoms with Crippen molar-refractivity contribution in [1.29, 1.82) is 0 Å². The summed E-state index contributed by atoms with van der Waals surface area (Å²) in [6.07, 6.45) is -8.36. The first-order valence-electron chi connectivity index (χ1n) is 16.0. The van der Waals surface area contributed by atoms with Gasteiger partial charge in [0.1, 0.15) is 23.9 Å². The summed E-state index contributed by atoms with van der Waals surface area (Å²) < 4.78 is 36.5. The number of ether oxygens (including phenoxy) is 6. The highest BCUT2D eigenvalue weighted by molar-refractivity contribution is 5.89. The molecule has 2 bridgehead atoms. The Labute approximate surface area is 278 Å². The van der Waals surface area contributed by atoms with Gasteiger partial charge in [0.2, 0.25) is 0 Å². The van der Waals surface area contributed by atoms with Gasteiger partial charge in [-0.15, -0.1) is 0 Å². The van der Waals surface area contributed by atoms with Crippen LogP contribution in [0.4, 0.5) is 0 Å². The molecular weight excluding hydrogens is 628 g/mol. The maximum atomic E-state index is 14.0. The van der Waals surface area contributed by atoms with E-state index in [1.807, 2.05) is 0 Å². The number of aliphatic hydroxyl groups is 2. The van der Waals surface area contributed by atoms with Gasteiger partial charge in [-0.2, -0.15) is 0 Å². The standard InChI is InChI=1S/C35H44O13/c1-17-23(40)15-35(42)30(47-31(41)22-12-10-9-11-13-22)28-33(8,24(44-18(2)36)14-25-34(28,16-43-25)48-21(5)39)29(46-20(4)38)27(45-19(3)37)26(17)32(35,6)7/h9-13,23-25,27-30,40,42H,14-16H2,1-8H3. The van der Waals surface area contributed by atoms with Crippen molar-refractivity contribution in [2.45, 2.75) is 116 Å². The molecule has 1 aromatic carbocycles. The van der Waals surface area contributed by atoms with Crippen molar-refractivity contribution in [3.05, 3.63) is 47.0 Å². The fourth-order valence-corrected chi connectivity index (χ4v) is 8.85. The molecule has 1 saturated heterocycles. The fraction of sp³-hybridized carbons (Fsp3) is 0.629. The molecule has 5 rings (SSSR count). The van der Waals surface area contributed by atoms with E-state index < -0.39 is 94.4 Å². The molecule has 1 heterocycles. The molecule has 3 aliphatic carbocycles. The summed E-state index contributed by atoms with van der Waals surface area (Å²) in [5.41, 5.74) is -6.19. The van der Waals surface area contributed by atoms with Gasteiger partial charge in [-0.25, -0.2) is 4.79 Å². The summed E-state index contributed by atoms with van der Waals surface area (Å²) in [5, 5.41) is 24.8. The van der Waals surface area contributed by atoms with Crippen LogP contribution in [0.25, 0.3) is 0 Å². The lowest BCUT2D eigenvalue weighted by atomic mass is 9.44. The van der Waals surface area contributed by atoms with Gasteiger partial charge in [0, 0.05) is 46.0 Å². The first-order valence-corrected chi connectivity index (χ1v) is 16.0. The lowest BCUT2D eigenvalue weighted by Gasteiger charge is -2.69. The van der Waals surface area contributed by atoms with Crippen LogP contribution < -0.4 is 0 Å². The van der Waals surface area contributed by atoms with E-state index in [9.17, 15) is 34.2 Å². The quantitative estimate of drug-likeness (QED) is 0.256. The molecule has 0 radical (unpaired) electrons. The Morgan fingerprint density at radius 3 is 1.96 bits per heavy atom. The van der Waals surface area contributed by atoms with Crippen molar-refractivity contribution in [2.24, 2.45) is 16.7 Å². The van der Waals surface area contributed by atoms with E-state index >= 15 is 0 Å². The van der Waals surface area contributed by atoms with Crippen LogP contribution in [0.1, 0.15) is 78.6 Å². The Balaban J connectivity index is 1.93. The summed E-state index contributed by atoms with van der Waals surface area (Å²) in [7, 11) is 0. The summed E-state index contributed by atoms with van der Waals surface area (Å²) >= 11 is 0. The van der Waals surface area contributed by atoms with Crippen molar-refractivity contribution < 1.29 is 62.6 Å². The monoisotopic (exact) mass is 672 g/mol. The SMILES string of the molecule is CC(=O)OC1C2=C(C)C(O)CC(O)(C(OC(=O)c3ccccc3)C3C4(OC(C)=O)COC4CC(OC(C)=O)C3(C)C1OC(C)=O)C2(C)C. The molecule has 4 aliphatic rings. The van der Waals surface area contributed by atoms with Crippen LogP contribution in [0.15, 0.2) is 41.5 Å². The second-order valence-electron chi connectivity index (χ2n) is 14.1. The van der Waals surface area contributed by atoms with E-state index in [1.165, 1.54) is 32.9 Å². The summed E-state index contributed by atoms with van der Waals surface area (Å²) in [6, 6.07) is 8.05. The van der Waals surface area contributed by atoms with Crippen molar-refractivity contribution in [3.63, 3.8) is 0 Å². The maximum Gasteiger partial charge on any atom is 0.338 e. The number of esters is 5. The highest BCUT2D eigenvalue weighted by atomic mass is 16.6. The lowest BCUT2D eigenvalue weighted by Crippen LogP contribution is -2.82. The molecule has 48 heavy (non-hydrogen) atoms. The third-order valence-corrected chi connectivity index (χ3v) is 11.0. The molecule has 0 aromatic heterocycles. The van der Waals surface area contributed by atoms with Crippen LogP contribution in [-0.4, -0.2) is 94.5 Å². The van der Waals surface area contributed by atoms with Gasteiger partial charge < -0.3 is 38.6 Å². The van der Waals surface area contributed by atoms with E-state index in [1.54, 1.807) is 45.9 Å². The minimum atomic E-state index is -2.15. The molecule has 3 fully saturated rings. The molecule has 1 aliphatic heterocycles. The van der Waals surface area contributed by atoms with Gasteiger partial charge in [-0.3, -0.25) is 19.2 Å². The topological polar surface area (TPSA) is 181 Å². The number of carbonyl (C=O) groups excluding carboxylic acids is 5. The third-order valence-electron chi connectivity index (χ3n) is 11.0. The summed E-state index contributed by atoms with van der Waals surface area (Å²) in [5.74, 6) is -5.12. The smallest absolute Gasteiger partial charge is 0.338 e. The van der Waals surface area contributed by atoms with E-state index in [2.05, 4.69) is 0 Å².